The first-order chi connectivity index (χ1) is 6.05. The zero-order valence-corrected chi connectivity index (χ0v) is 9.34. The summed E-state index contributed by atoms with van der Waals surface area (Å²) < 4.78 is 0. The Bertz CT molecular complexity index is 154. The summed E-state index contributed by atoms with van der Waals surface area (Å²) in [5.41, 5.74) is 6.11. The van der Waals surface area contributed by atoms with Crippen molar-refractivity contribution in [2.24, 2.45) is 11.1 Å². The molecule has 0 amide bonds. The smallest absolute Gasteiger partial charge is 0.0104 e. The van der Waals surface area contributed by atoms with Gasteiger partial charge in [0.2, 0.25) is 0 Å². The van der Waals surface area contributed by atoms with E-state index in [4.69, 9.17) is 5.73 Å². The number of rotatable bonds is 3. The van der Waals surface area contributed by atoms with Crippen LogP contribution in [0.2, 0.25) is 0 Å². The highest BCUT2D eigenvalue weighted by atomic mass is 15.1. The minimum atomic E-state index is 0.547. The van der Waals surface area contributed by atoms with Crippen LogP contribution in [0.5, 0.6) is 0 Å². The fourth-order valence-electron chi connectivity index (χ4n) is 2.42. The van der Waals surface area contributed by atoms with Crippen molar-refractivity contribution in [2.75, 3.05) is 20.1 Å². The molecule has 78 valence electrons. The lowest BCUT2D eigenvalue weighted by atomic mass is 9.75. The maximum absolute atomic E-state index is 5.56. The molecule has 1 fully saturated rings. The van der Waals surface area contributed by atoms with Gasteiger partial charge < -0.3 is 10.6 Å². The maximum Gasteiger partial charge on any atom is 0.0104 e. The SMILES string of the molecule is CN(CCN)C1CCCC(C)(C)C1. The van der Waals surface area contributed by atoms with Crippen LogP contribution in [0.4, 0.5) is 0 Å². The van der Waals surface area contributed by atoms with Crippen molar-refractivity contribution in [3.63, 3.8) is 0 Å². The van der Waals surface area contributed by atoms with Crippen molar-refractivity contribution in [3.8, 4) is 0 Å². The van der Waals surface area contributed by atoms with E-state index in [9.17, 15) is 0 Å². The van der Waals surface area contributed by atoms with Crippen molar-refractivity contribution >= 4 is 0 Å². The van der Waals surface area contributed by atoms with Gasteiger partial charge in [0.25, 0.3) is 0 Å². The van der Waals surface area contributed by atoms with E-state index >= 15 is 0 Å². The van der Waals surface area contributed by atoms with Crippen LogP contribution in [0.15, 0.2) is 0 Å². The molecule has 1 aliphatic carbocycles. The van der Waals surface area contributed by atoms with Gasteiger partial charge >= 0.3 is 0 Å². The molecule has 0 aromatic heterocycles. The lowest BCUT2D eigenvalue weighted by Crippen LogP contribution is -2.40. The van der Waals surface area contributed by atoms with Crippen LogP contribution in [0, 0.1) is 5.41 Å². The van der Waals surface area contributed by atoms with Crippen LogP contribution in [0.25, 0.3) is 0 Å². The molecule has 1 rings (SSSR count). The Morgan fingerprint density at radius 1 is 1.46 bits per heavy atom. The minimum Gasteiger partial charge on any atom is -0.329 e. The molecule has 0 heterocycles. The summed E-state index contributed by atoms with van der Waals surface area (Å²) in [4.78, 5) is 2.43. The molecule has 0 aliphatic heterocycles. The average Bonchev–Trinajstić information content (AvgIpc) is 2.03. The zero-order chi connectivity index (χ0) is 9.90. The summed E-state index contributed by atoms with van der Waals surface area (Å²) in [5, 5.41) is 0. The fraction of sp³-hybridized carbons (Fsp3) is 1.00. The van der Waals surface area contributed by atoms with Crippen molar-refractivity contribution in [1.29, 1.82) is 0 Å². The largest absolute Gasteiger partial charge is 0.329 e. The molecule has 1 aliphatic rings. The van der Waals surface area contributed by atoms with Crippen LogP contribution >= 0.6 is 0 Å². The van der Waals surface area contributed by atoms with Gasteiger partial charge in [0, 0.05) is 19.1 Å². The van der Waals surface area contributed by atoms with Crippen LogP contribution in [-0.4, -0.2) is 31.1 Å². The topological polar surface area (TPSA) is 29.3 Å². The van der Waals surface area contributed by atoms with Crippen molar-refractivity contribution < 1.29 is 0 Å². The van der Waals surface area contributed by atoms with Crippen molar-refractivity contribution in [1.82, 2.24) is 4.90 Å². The second-order valence-electron chi connectivity index (χ2n) is 5.18. The van der Waals surface area contributed by atoms with Crippen LogP contribution < -0.4 is 5.73 Å². The van der Waals surface area contributed by atoms with E-state index in [0.29, 0.717) is 5.41 Å². The highest BCUT2D eigenvalue weighted by Gasteiger charge is 2.29. The third-order valence-electron chi connectivity index (χ3n) is 3.28. The Balaban J connectivity index is 2.42. The van der Waals surface area contributed by atoms with Crippen molar-refractivity contribution in [2.45, 2.75) is 45.6 Å². The highest BCUT2D eigenvalue weighted by molar-refractivity contribution is 4.84. The van der Waals surface area contributed by atoms with E-state index in [-0.39, 0.29) is 0 Å². The summed E-state index contributed by atoms with van der Waals surface area (Å²) in [7, 11) is 2.21. The first-order valence-corrected chi connectivity index (χ1v) is 5.45. The molecule has 0 spiro atoms. The summed E-state index contributed by atoms with van der Waals surface area (Å²) in [6.07, 6.45) is 5.47. The average molecular weight is 184 g/mol. The predicted octanol–water partition coefficient (Wildman–Crippen LogP) is 1.85. The van der Waals surface area contributed by atoms with Crippen molar-refractivity contribution in [3.05, 3.63) is 0 Å². The molecule has 1 unspecified atom stereocenters. The van der Waals surface area contributed by atoms with Gasteiger partial charge in [0.1, 0.15) is 0 Å². The van der Waals surface area contributed by atoms with Gasteiger partial charge in [-0.3, -0.25) is 0 Å². The lowest BCUT2D eigenvalue weighted by Gasteiger charge is -2.39. The molecule has 2 heteroatoms. The molecular weight excluding hydrogens is 160 g/mol. The lowest BCUT2D eigenvalue weighted by molar-refractivity contribution is 0.117. The van der Waals surface area contributed by atoms with Gasteiger partial charge in [-0.1, -0.05) is 20.3 Å². The standard InChI is InChI=1S/C11H24N2/c1-11(2)6-4-5-10(9-11)13(3)8-7-12/h10H,4-9,12H2,1-3H3. The molecule has 0 radical (unpaired) electrons. The van der Waals surface area contributed by atoms with Gasteiger partial charge in [-0.05, 0) is 31.7 Å². The quantitative estimate of drug-likeness (QED) is 0.725. The molecule has 0 saturated heterocycles. The zero-order valence-electron chi connectivity index (χ0n) is 9.34. The number of nitrogens with zero attached hydrogens (tertiary/aromatic N) is 1. The Kier molecular flexibility index (Phi) is 3.74. The van der Waals surface area contributed by atoms with E-state index in [2.05, 4.69) is 25.8 Å². The van der Waals surface area contributed by atoms with Gasteiger partial charge in [0.05, 0.1) is 0 Å². The molecule has 0 aromatic rings. The second kappa shape index (κ2) is 4.43. The number of nitrogens with two attached hydrogens (primary N) is 1. The molecule has 2 N–H and O–H groups in total. The molecular formula is C11H24N2. The third-order valence-corrected chi connectivity index (χ3v) is 3.28. The van der Waals surface area contributed by atoms with Crippen LogP contribution in [0.1, 0.15) is 39.5 Å². The second-order valence-corrected chi connectivity index (χ2v) is 5.18. The van der Waals surface area contributed by atoms with Gasteiger partial charge in [-0.15, -0.1) is 0 Å². The normalized spacial score (nSPS) is 27.9. The number of likely N-dealkylation sites (N-methyl/N-ethyl adjacent to an activating group) is 1. The van der Waals surface area contributed by atoms with Gasteiger partial charge in [-0.25, -0.2) is 0 Å². The molecule has 0 aromatic carbocycles. The first kappa shape index (κ1) is 11.0. The molecule has 1 saturated carbocycles. The third kappa shape index (κ3) is 3.28. The summed E-state index contributed by atoms with van der Waals surface area (Å²) in [5.74, 6) is 0. The Labute approximate surface area is 82.5 Å². The van der Waals surface area contributed by atoms with Crippen LogP contribution in [0.3, 0.4) is 0 Å². The highest BCUT2D eigenvalue weighted by Crippen LogP contribution is 2.36. The molecule has 13 heavy (non-hydrogen) atoms. The number of hydrogen-bond donors (Lipinski definition) is 1. The molecule has 2 nitrogen and oxygen atoms in total. The fourth-order valence-corrected chi connectivity index (χ4v) is 2.42. The van der Waals surface area contributed by atoms with Gasteiger partial charge in [-0.2, -0.15) is 0 Å². The van der Waals surface area contributed by atoms with E-state index in [1.165, 1.54) is 25.7 Å². The first-order valence-electron chi connectivity index (χ1n) is 5.45. The van der Waals surface area contributed by atoms with E-state index < -0.39 is 0 Å². The minimum absolute atomic E-state index is 0.547. The Morgan fingerprint density at radius 2 is 2.15 bits per heavy atom. The summed E-state index contributed by atoms with van der Waals surface area (Å²) in [6.45, 7) is 6.60. The summed E-state index contributed by atoms with van der Waals surface area (Å²) in [6, 6.07) is 0.771. The Hall–Kier alpha value is -0.0800. The van der Waals surface area contributed by atoms with Crippen LogP contribution in [-0.2, 0) is 0 Å². The van der Waals surface area contributed by atoms with E-state index in [1.807, 2.05) is 0 Å². The maximum atomic E-state index is 5.56. The Morgan fingerprint density at radius 3 is 2.69 bits per heavy atom. The molecule has 0 bridgehead atoms. The molecule has 1 atom stereocenters. The number of hydrogen-bond acceptors (Lipinski definition) is 2. The predicted molar refractivity (Wildman–Crippen MR) is 57.7 cm³/mol. The van der Waals surface area contributed by atoms with Gasteiger partial charge in [0.15, 0.2) is 0 Å². The monoisotopic (exact) mass is 184 g/mol. The van der Waals surface area contributed by atoms with E-state index in [0.717, 1.165) is 19.1 Å². The van der Waals surface area contributed by atoms with E-state index in [1.54, 1.807) is 0 Å². The summed E-state index contributed by atoms with van der Waals surface area (Å²) >= 11 is 0.